The quantitative estimate of drug-likeness (QED) is 0.410. The van der Waals surface area contributed by atoms with E-state index in [0.29, 0.717) is 30.8 Å². The van der Waals surface area contributed by atoms with Crippen LogP contribution in [0.4, 0.5) is 5.69 Å². The van der Waals surface area contributed by atoms with Crippen LogP contribution in [-0.4, -0.2) is 57.6 Å². The molecule has 2 aromatic rings. The molecule has 0 saturated heterocycles. The Balaban J connectivity index is 2.21. The van der Waals surface area contributed by atoms with Crippen LogP contribution in [0.1, 0.15) is 50.7 Å². The van der Waals surface area contributed by atoms with Crippen LogP contribution in [0.15, 0.2) is 48.5 Å². The Kier molecular flexibility index (Phi) is 11.2. The summed E-state index contributed by atoms with van der Waals surface area (Å²) in [5, 5.41) is 2.90. The summed E-state index contributed by atoms with van der Waals surface area (Å²) >= 11 is 0. The molecule has 2 aromatic carbocycles. The van der Waals surface area contributed by atoms with Crippen LogP contribution in [0, 0.1) is 6.92 Å². The zero-order chi connectivity index (χ0) is 26.7. The molecule has 9 heteroatoms. The first-order chi connectivity index (χ1) is 17.1. The largest absolute Gasteiger partial charge is 0.497 e. The van der Waals surface area contributed by atoms with Gasteiger partial charge < -0.3 is 15.0 Å². The van der Waals surface area contributed by atoms with E-state index in [1.165, 1.54) is 10.6 Å². The number of carbonyl (C=O) groups excluding carboxylic acids is 2. The van der Waals surface area contributed by atoms with Gasteiger partial charge in [0.2, 0.25) is 21.8 Å². The maximum absolute atomic E-state index is 13.4. The monoisotopic (exact) mass is 517 g/mol. The second kappa shape index (κ2) is 13.9. The molecule has 1 atom stereocenters. The number of carbonyl (C=O) groups is 2. The van der Waals surface area contributed by atoms with E-state index in [9.17, 15) is 18.0 Å². The summed E-state index contributed by atoms with van der Waals surface area (Å²) in [7, 11) is -1.94. The fraction of sp³-hybridized carbons (Fsp3) is 0.481. The molecule has 1 N–H and O–H groups in total. The van der Waals surface area contributed by atoms with Crippen molar-refractivity contribution in [3.8, 4) is 5.75 Å². The average Bonchev–Trinajstić information content (AvgIpc) is 2.85. The van der Waals surface area contributed by atoms with E-state index in [4.69, 9.17) is 4.74 Å². The Morgan fingerprint density at radius 3 is 2.28 bits per heavy atom. The molecule has 0 fully saturated rings. The summed E-state index contributed by atoms with van der Waals surface area (Å²) in [6.45, 7) is 6.70. The predicted molar refractivity (Wildman–Crippen MR) is 144 cm³/mol. The minimum atomic E-state index is -3.53. The summed E-state index contributed by atoms with van der Waals surface area (Å²) in [5.41, 5.74) is 2.32. The number of methoxy groups -OCH3 is 1. The van der Waals surface area contributed by atoms with Crippen molar-refractivity contribution in [3.63, 3.8) is 0 Å². The van der Waals surface area contributed by atoms with Gasteiger partial charge in [0, 0.05) is 26.1 Å². The Morgan fingerprint density at radius 1 is 1.06 bits per heavy atom. The van der Waals surface area contributed by atoms with Crippen molar-refractivity contribution in [1.29, 1.82) is 0 Å². The maximum atomic E-state index is 13.4. The Hall–Kier alpha value is -3.07. The summed E-state index contributed by atoms with van der Waals surface area (Å²) in [5.74, 6) is 0.336. The Bertz CT molecular complexity index is 1100. The number of sulfonamides is 1. The second-order valence-corrected chi connectivity index (χ2v) is 10.7. The maximum Gasteiger partial charge on any atom is 0.242 e. The lowest BCUT2D eigenvalue weighted by Crippen LogP contribution is -2.49. The van der Waals surface area contributed by atoms with Crippen molar-refractivity contribution in [3.05, 3.63) is 59.7 Å². The number of amides is 2. The SMILES string of the molecule is CCCNC(=O)C(CC)N(Cc1ccc(OC)cc1)C(=O)CCCN(c1ccccc1C)S(C)(=O)=O. The molecule has 2 amide bonds. The van der Waals surface area contributed by atoms with Crippen molar-refractivity contribution in [2.75, 3.05) is 30.8 Å². The molecule has 2 rings (SSSR count). The molecule has 0 saturated carbocycles. The topological polar surface area (TPSA) is 96.0 Å². The Morgan fingerprint density at radius 2 is 1.72 bits per heavy atom. The van der Waals surface area contributed by atoms with Crippen LogP contribution >= 0.6 is 0 Å². The highest BCUT2D eigenvalue weighted by Crippen LogP contribution is 2.23. The lowest BCUT2D eigenvalue weighted by Gasteiger charge is -2.31. The van der Waals surface area contributed by atoms with Crippen molar-refractivity contribution >= 4 is 27.5 Å². The first-order valence-corrected chi connectivity index (χ1v) is 14.2. The van der Waals surface area contributed by atoms with Crippen LogP contribution in [0.25, 0.3) is 0 Å². The molecule has 0 spiro atoms. The molecule has 1 unspecified atom stereocenters. The molecule has 0 aliphatic rings. The first kappa shape index (κ1) is 29.2. The van der Waals surface area contributed by atoms with E-state index >= 15 is 0 Å². The molecule has 0 bridgehead atoms. The van der Waals surface area contributed by atoms with E-state index in [2.05, 4.69) is 5.32 Å². The fourth-order valence-electron chi connectivity index (χ4n) is 4.04. The number of benzene rings is 2. The third-order valence-electron chi connectivity index (χ3n) is 5.98. The molecule has 0 aliphatic heterocycles. The minimum absolute atomic E-state index is 0.117. The smallest absolute Gasteiger partial charge is 0.242 e. The zero-order valence-electron chi connectivity index (χ0n) is 22.0. The van der Waals surface area contributed by atoms with Crippen LogP contribution in [0.5, 0.6) is 5.75 Å². The van der Waals surface area contributed by atoms with Gasteiger partial charge in [-0.3, -0.25) is 13.9 Å². The van der Waals surface area contributed by atoms with Crippen molar-refractivity contribution < 1.29 is 22.7 Å². The molecule has 8 nitrogen and oxygen atoms in total. The number of rotatable bonds is 14. The van der Waals surface area contributed by atoms with Gasteiger partial charge in [-0.25, -0.2) is 8.42 Å². The molecule has 36 heavy (non-hydrogen) atoms. The third-order valence-corrected chi connectivity index (χ3v) is 7.16. The molecule has 0 aromatic heterocycles. The summed E-state index contributed by atoms with van der Waals surface area (Å²) < 4.78 is 31.6. The molecule has 0 radical (unpaired) electrons. The van der Waals surface area contributed by atoms with Crippen LogP contribution in [0.2, 0.25) is 0 Å². The van der Waals surface area contributed by atoms with Crippen LogP contribution in [-0.2, 0) is 26.2 Å². The van der Waals surface area contributed by atoms with E-state index in [1.807, 2.05) is 57.2 Å². The van der Waals surface area contributed by atoms with Crippen molar-refractivity contribution in [2.45, 2.75) is 59.0 Å². The van der Waals surface area contributed by atoms with E-state index in [0.717, 1.165) is 17.5 Å². The number of nitrogens with zero attached hydrogens (tertiary/aromatic N) is 2. The van der Waals surface area contributed by atoms with Gasteiger partial charge in [0.25, 0.3) is 0 Å². The van der Waals surface area contributed by atoms with Crippen LogP contribution < -0.4 is 14.4 Å². The van der Waals surface area contributed by atoms with Gasteiger partial charge in [-0.05, 0) is 55.5 Å². The predicted octanol–water partition coefficient (Wildman–Crippen LogP) is 3.88. The lowest BCUT2D eigenvalue weighted by molar-refractivity contribution is -0.141. The summed E-state index contributed by atoms with van der Waals surface area (Å²) in [6.07, 6.45) is 2.88. The number of ether oxygens (including phenoxy) is 1. The molecule has 0 aliphatic carbocycles. The van der Waals surface area contributed by atoms with Gasteiger partial charge in [-0.15, -0.1) is 0 Å². The minimum Gasteiger partial charge on any atom is -0.497 e. The number of hydrogen-bond acceptors (Lipinski definition) is 5. The lowest BCUT2D eigenvalue weighted by atomic mass is 10.1. The average molecular weight is 518 g/mol. The van der Waals surface area contributed by atoms with Crippen molar-refractivity contribution in [2.24, 2.45) is 0 Å². The van der Waals surface area contributed by atoms with E-state index < -0.39 is 16.1 Å². The van der Waals surface area contributed by atoms with Gasteiger partial charge >= 0.3 is 0 Å². The van der Waals surface area contributed by atoms with E-state index in [1.54, 1.807) is 24.1 Å². The molecular weight excluding hydrogens is 478 g/mol. The number of nitrogens with one attached hydrogen (secondary N) is 1. The molecular formula is C27H39N3O5S. The van der Waals surface area contributed by atoms with Gasteiger partial charge in [0.1, 0.15) is 11.8 Å². The third kappa shape index (κ3) is 8.26. The zero-order valence-corrected chi connectivity index (χ0v) is 22.8. The highest BCUT2D eigenvalue weighted by molar-refractivity contribution is 7.92. The van der Waals surface area contributed by atoms with Gasteiger partial charge in [0.15, 0.2) is 0 Å². The number of aryl methyl sites for hydroxylation is 1. The summed E-state index contributed by atoms with van der Waals surface area (Å²) in [4.78, 5) is 27.9. The second-order valence-electron chi connectivity index (χ2n) is 8.81. The molecule has 198 valence electrons. The van der Waals surface area contributed by atoms with Gasteiger partial charge in [-0.1, -0.05) is 44.2 Å². The highest BCUT2D eigenvalue weighted by Gasteiger charge is 2.28. The van der Waals surface area contributed by atoms with E-state index in [-0.39, 0.29) is 31.3 Å². The normalized spacial score (nSPS) is 12.0. The number of hydrogen-bond donors (Lipinski definition) is 1. The Labute approximate surface area is 215 Å². The summed E-state index contributed by atoms with van der Waals surface area (Å²) in [6, 6.07) is 14.0. The first-order valence-electron chi connectivity index (χ1n) is 12.4. The van der Waals surface area contributed by atoms with Crippen molar-refractivity contribution in [1.82, 2.24) is 10.2 Å². The highest BCUT2D eigenvalue weighted by atomic mass is 32.2. The standard InChI is InChI=1S/C27H39N3O5S/c1-6-18-28-27(32)24(7-2)29(20-22-14-16-23(35-4)17-15-22)26(31)13-10-19-30(36(5,33)34)25-12-9-8-11-21(25)3/h8-9,11-12,14-17,24H,6-7,10,13,18-20H2,1-5H3,(H,28,32). The fourth-order valence-corrected chi connectivity index (χ4v) is 5.06. The van der Waals surface area contributed by atoms with Crippen LogP contribution in [0.3, 0.4) is 0 Å². The number of anilines is 1. The van der Waals surface area contributed by atoms with Gasteiger partial charge in [0.05, 0.1) is 19.1 Å². The molecule has 0 heterocycles. The number of para-hydroxylation sites is 1. The van der Waals surface area contributed by atoms with Gasteiger partial charge in [-0.2, -0.15) is 0 Å².